The fourth-order valence-corrected chi connectivity index (χ4v) is 4.46. The summed E-state index contributed by atoms with van der Waals surface area (Å²) in [4.78, 5) is 5.95. The van der Waals surface area contributed by atoms with Gasteiger partial charge < -0.3 is 9.30 Å². The Bertz CT molecular complexity index is 1160. The van der Waals surface area contributed by atoms with Gasteiger partial charge in [-0.1, -0.05) is 66.7 Å². The van der Waals surface area contributed by atoms with Crippen LogP contribution in [0.1, 0.15) is 12.0 Å². The maximum absolute atomic E-state index is 5.28. The van der Waals surface area contributed by atoms with Crippen LogP contribution in [0.4, 0.5) is 5.69 Å². The highest BCUT2D eigenvalue weighted by atomic mass is 32.1. The van der Waals surface area contributed by atoms with Crippen LogP contribution in [0.3, 0.4) is 0 Å². The number of aryl methyl sites for hydroxylation is 1. The van der Waals surface area contributed by atoms with Crippen LogP contribution in [-0.2, 0) is 11.3 Å². The number of ether oxygens (including phenoxy) is 1. The third-order valence-corrected chi connectivity index (χ3v) is 5.91. The van der Waals surface area contributed by atoms with E-state index < -0.39 is 0 Å². The van der Waals surface area contributed by atoms with Crippen molar-refractivity contribution >= 4 is 17.0 Å². The predicted octanol–water partition coefficient (Wildman–Crippen LogP) is 6.46. The van der Waals surface area contributed by atoms with Gasteiger partial charge in [-0.3, -0.25) is 0 Å². The van der Waals surface area contributed by atoms with Gasteiger partial charge in [-0.15, -0.1) is 11.3 Å². The summed E-state index contributed by atoms with van der Waals surface area (Å²) in [7, 11) is 1.75. The van der Waals surface area contributed by atoms with Crippen LogP contribution in [-0.4, -0.2) is 18.3 Å². The average molecular weight is 415 g/mol. The van der Waals surface area contributed by atoms with E-state index in [1.165, 1.54) is 27.9 Å². The van der Waals surface area contributed by atoms with Crippen LogP contribution in [0.25, 0.3) is 22.4 Å². The molecule has 3 nitrogen and oxygen atoms in total. The highest BCUT2D eigenvalue weighted by molar-refractivity contribution is 7.07. The minimum absolute atomic E-state index is 0.735. The molecule has 0 aliphatic rings. The van der Waals surface area contributed by atoms with Crippen molar-refractivity contribution in [1.82, 2.24) is 4.57 Å². The van der Waals surface area contributed by atoms with Gasteiger partial charge in [-0.2, -0.15) is 0 Å². The van der Waals surface area contributed by atoms with E-state index in [-0.39, 0.29) is 0 Å². The van der Waals surface area contributed by atoms with E-state index in [1.54, 1.807) is 18.4 Å². The van der Waals surface area contributed by atoms with Gasteiger partial charge in [-0.25, -0.2) is 4.99 Å². The summed E-state index contributed by atoms with van der Waals surface area (Å²) in [6, 6.07) is 27.6. The lowest BCUT2D eigenvalue weighted by atomic mass is 10.0. The first-order chi connectivity index (χ1) is 14.7. The summed E-state index contributed by atoms with van der Waals surface area (Å²) in [5.41, 5.74) is 7.07. The molecule has 0 spiro atoms. The molecular weight excluding hydrogens is 388 g/mol. The first-order valence-electron chi connectivity index (χ1n) is 10.2. The van der Waals surface area contributed by atoms with E-state index in [4.69, 9.17) is 9.73 Å². The monoisotopic (exact) mass is 414 g/mol. The first kappa shape index (κ1) is 20.3. The molecule has 0 saturated carbocycles. The maximum atomic E-state index is 5.28. The molecule has 0 aliphatic heterocycles. The summed E-state index contributed by atoms with van der Waals surface area (Å²) in [6.45, 7) is 3.71. The van der Waals surface area contributed by atoms with E-state index in [2.05, 4.69) is 89.7 Å². The highest BCUT2D eigenvalue weighted by Crippen LogP contribution is 2.26. The molecule has 0 unspecified atom stereocenters. The first-order valence-corrected chi connectivity index (χ1v) is 11.1. The average Bonchev–Trinajstić information content (AvgIpc) is 3.17. The lowest BCUT2D eigenvalue weighted by Crippen LogP contribution is -2.17. The maximum Gasteiger partial charge on any atom is 0.190 e. The number of methoxy groups -OCH3 is 1. The molecule has 30 heavy (non-hydrogen) atoms. The van der Waals surface area contributed by atoms with Crippen molar-refractivity contribution in [3.05, 3.63) is 94.6 Å². The summed E-state index contributed by atoms with van der Waals surface area (Å²) < 4.78 is 7.59. The molecule has 3 aromatic carbocycles. The van der Waals surface area contributed by atoms with E-state index in [0.717, 1.165) is 30.1 Å². The third-order valence-electron chi connectivity index (χ3n) is 5.04. The molecule has 1 heterocycles. The van der Waals surface area contributed by atoms with Crippen LogP contribution in [0.5, 0.6) is 0 Å². The summed E-state index contributed by atoms with van der Waals surface area (Å²) in [5.74, 6) is 0. The standard InChI is InChI=1S/C26H26N2OS/c1-20-8-6-11-24(18-20)27-26-28(16-7-17-29-2)25(19-30-26)23-14-12-22(13-15-23)21-9-4-3-5-10-21/h3-6,8-15,18-19H,7,16-17H2,1-2H3. The lowest BCUT2D eigenvalue weighted by Gasteiger charge is -2.10. The molecule has 4 heteroatoms. The Balaban J connectivity index is 1.71. The molecule has 0 aliphatic carbocycles. The number of nitrogens with zero attached hydrogens (tertiary/aromatic N) is 2. The number of hydrogen-bond acceptors (Lipinski definition) is 3. The van der Waals surface area contributed by atoms with Crippen molar-refractivity contribution in [3.63, 3.8) is 0 Å². The van der Waals surface area contributed by atoms with E-state index in [1.807, 2.05) is 6.07 Å². The second-order valence-electron chi connectivity index (χ2n) is 7.30. The summed E-state index contributed by atoms with van der Waals surface area (Å²) in [6.07, 6.45) is 0.948. The van der Waals surface area contributed by atoms with E-state index in [9.17, 15) is 0 Å². The zero-order chi connectivity index (χ0) is 20.8. The molecule has 4 aromatic rings. The van der Waals surface area contributed by atoms with Gasteiger partial charge in [-0.05, 0) is 47.7 Å². The number of hydrogen-bond donors (Lipinski definition) is 0. The van der Waals surface area contributed by atoms with Gasteiger partial charge in [0.2, 0.25) is 0 Å². The van der Waals surface area contributed by atoms with Crippen molar-refractivity contribution < 1.29 is 4.74 Å². The second-order valence-corrected chi connectivity index (χ2v) is 8.13. The van der Waals surface area contributed by atoms with Crippen molar-refractivity contribution in [2.45, 2.75) is 19.9 Å². The Morgan fingerprint density at radius 1 is 0.867 bits per heavy atom. The zero-order valence-corrected chi connectivity index (χ0v) is 18.2. The quantitative estimate of drug-likeness (QED) is 0.319. The minimum atomic E-state index is 0.735. The normalized spacial score (nSPS) is 11.7. The van der Waals surface area contributed by atoms with Crippen molar-refractivity contribution in [2.24, 2.45) is 4.99 Å². The number of benzene rings is 3. The largest absolute Gasteiger partial charge is 0.385 e. The lowest BCUT2D eigenvalue weighted by molar-refractivity contribution is 0.190. The molecular formula is C26H26N2OS. The molecule has 4 rings (SSSR count). The van der Waals surface area contributed by atoms with Crippen LogP contribution in [0, 0.1) is 6.92 Å². The smallest absolute Gasteiger partial charge is 0.190 e. The van der Waals surface area contributed by atoms with E-state index in [0.29, 0.717) is 0 Å². The SMILES string of the molecule is COCCCn1c(-c2ccc(-c3ccccc3)cc2)csc1=Nc1cccc(C)c1. The van der Waals surface area contributed by atoms with Crippen molar-refractivity contribution in [3.8, 4) is 22.4 Å². The Hall–Kier alpha value is -2.95. The van der Waals surface area contributed by atoms with Crippen molar-refractivity contribution in [1.29, 1.82) is 0 Å². The minimum Gasteiger partial charge on any atom is -0.385 e. The van der Waals surface area contributed by atoms with Gasteiger partial charge in [0.25, 0.3) is 0 Å². The Labute approximate surface area is 182 Å². The summed E-state index contributed by atoms with van der Waals surface area (Å²) in [5, 5.41) is 2.21. The Morgan fingerprint density at radius 2 is 1.60 bits per heavy atom. The molecule has 1 aromatic heterocycles. The van der Waals surface area contributed by atoms with Gasteiger partial charge in [0.15, 0.2) is 4.80 Å². The van der Waals surface area contributed by atoms with Crippen molar-refractivity contribution in [2.75, 3.05) is 13.7 Å². The fraction of sp³-hybridized carbons (Fsp3) is 0.192. The van der Waals surface area contributed by atoms with E-state index >= 15 is 0 Å². The highest BCUT2D eigenvalue weighted by Gasteiger charge is 2.09. The number of aromatic nitrogens is 1. The third kappa shape index (κ3) is 4.78. The van der Waals surface area contributed by atoms with Crippen LogP contribution in [0.15, 0.2) is 89.2 Å². The Kier molecular flexibility index (Phi) is 6.57. The molecule has 0 N–H and O–H groups in total. The number of rotatable bonds is 7. The Morgan fingerprint density at radius 3 is 2.33 bits per heavy atom. The predicted molar refractivity (Wildman–Crippen MR) is 126 cm³/mol. The summed E-state index contributed by atoms with van der Waals surface area (Å²) >= 11 is 1.69. The fourth-order valence-electron chi connectivity index (χ4n) is 3.50. The van der Waals surface area contributed by atoms with Gasteiger partial charge in [0, 0.05) is 25.6 Å². The molecule has 0 bridgehead atoms. The van der Waals surface area contributed by atoms with Gasteiger partial charge in [0.1, 0.15) is 0 Å². The molecule has 0 radical (unpaired) electrons. The molecule has 0 saturated heterocycles. The molecule has 0 fully saturated rings. The van der Waals surface area contributed by atoms with Crippen LogP contribution >= 0.6 is 11.3 Å². The van der Waals surface area contributed by atoms with Gasteiger partial charge >= 0.3 is 0 Å². The second kappa shape index (κ2) is 9.70. The molecule has 152 valence electrons. The zero-order valence-electron chi connectivity index (χ0n) is 17.4. The number of thiazole rings is 1. The van der Waals surface area contributed by atoms with Gasteiger partial charge in [0.05, 0.1) is 11.4 Å². The topological polar surface area (TPSA) is 26.5 Å². The molecule has 0 amide bonds. The van der Waals surface area contributed by atoms with Crippen LogP contribution in [0.2, 0.25) is 0 Å². The molecule has 0 atom stereocenters. The van der Waals surface area contributed by atoms with Crippen LogP contribution < -0.4 is 4.80 Å².